The Morgan fingerprint density at radius 3 is 2.67 bits per heavy atom. The number of ether oxygens (including phenoxy) is 1. The van der Waals surface area contributed by atoms with E-state index < -0.39 is 0 Å². The lowest BCUT2D eigenvalue weighted by molar-refractivity contribution is 0.103. The molecule has 0 spiro atoms. The fourth-order valence-corrected chi connectivity index (χ4v) is 2.96. The first kappa shape index (κ1) is 16.2. The van der Waals surface area contributed by atoms with E-state index >= 15 is 0 Å². The zero-order valence-corrected chi connectivity index (χ0v) is 14.4. The maximum atomic E-state index is 12.2. The first-order chi connectivity index (χ1) is 11.6. The van der Waals surface area contributed by atoms with E-state index in [0.717, 1.165) is 17.0 Å². The van der Waals surface area contributed by atoms with Gasteiger partial charge in [-0.2, -0.15) is 0 Å². The molecular formula is C19H18N2O2S. The van der Waals surface area contributed by atoms with Crippen molar-refractivity contribution in [1.29, 1.82) is 0 Å². The van der Waals surface area contributed by atoms with Crippen LogP contribution >= 0.6 is 11.3 Å². The summed E-state index contributed by atoms with van der Waals surface area (Å²) >= 11 is 1.41. The molecule has 3 aromatic rings. The Labute approximate surface area is 145 Å². The Morgan fingerprint density at radius 2 is 1.92 bits per heavy atom. The van der Waals surface area contributed by atoms with E-state index in [1.54, 1.807) is 24.5 Å². The van der Waals surface area contributed by atoms with Crippen LogP contribution in [0.2, 0.25) is 0 Å². The van der Waals surface area contributed by atoms with E-state index in [4.69, 9.17) is 4.74 Å². The van der Waals surface area contributed by atoms with Crippen LogP contribution in [0.1, 0.15) is 26.4 Å². The number of benzene rings is 1. The van der Waals surface area contributed by atoms with Crippen molar-refractivity contribution in [2.24, 2.45) is 0 Å². The van der Waals surface area contributed by atoms with E-state index in [1.807, 2.05) is 29.6 Å². The van der Waals surface area contributed by atoms with E-state index in [1.165, 1.54) is 22.5 Å². The SMILES string of the molecule is Cc1ccc(OCc2csc(C(=O)Nc3ccncc3)c2)cc1C. The Kier molecular flexibility index (Phi) is 4.91. The lowest BCUT2D eigenvalue weighted by Crippen LogP contribution is -2.10. The minimum Gasteiger partial charge on any atom is -0.489 e. The Morgan fingerprint density at radius 1 is 1.12 bits per heavy atom. The molecule has 4 nitrogen and oxygen atoms in total. The highest BCUT2D eigenvalue weighted by Gasteiger charge is 2.10. The number of hydrogen-bond acceptors (Lipinski definition) is 4. The summed E-state index contributed by atoms with van der Waals surface area (Å²) in [7, 11) is 0. The van der Waals surface area contributed by atoms with E-state index in [-0.39, 0.29) is 5.91 Å². The molecule has 1 aromatic carbocycles. The Bertz CT molecular complexity index is 844. The summed E-state index contributed by atoms with van der Waals surface area (Å²) in [6, 6.07) is 11.4. The molecule has 0 bridgehead atoms. The predicted octanol–water partition coefficient (Wildman–Crippen LogP) is 4.59. The largest absolute Gasteiger partial charge is 0.489 e. The highest BCUT2D eigenvalue weighted by Crippen LogP contribution is 2.21. The molecule has 0 saturated carbocycles. The van der Waals surface area contributed by atoms with Crippen LogP contribution in [-0.4, -0.2) is 10.9 Å². The van der Waals surface area contributed by atoms with Gasteiger partial charge in [0.15, 0.2) is 0 Å². The van der Waals surface area contributed by atoms with Crippen LogP contribution in [0.15, 0.2) is 54.2 Å². The molecule has 0 radical (unpaired) electrons. The van der Waals surface area contributed by atoms with E-state index in [9.17, 15) is 4.79 Å². The van der Waals surface area contributed by atoms with Gasteiger partial charge in [-0.3, -0.25) is 9.78 Å². The van der Waals surface area contributed by atoms with Gasteiger partial charge >= 0.3 is 0 Å². The van der Waals surface area contributed by atoms with Crippen molar-refractivity contribution in [3.63, 3.8) is 0 Å². The van der Waals surface area contributed by atoms with Gasteiger partial charge in [-0.15, -0.1) is 11.3 Å². The van der Waals surface area contributed by atoms with Gasteiger partial charge < -0.3 is 10.1 Å². The summed E-state index contributed by atoms with van der Waals surface area (Å²) in [5.74, 6) is 0.718. The summed E-state index contributed by atoms with van der Waals surface area (Å²) < 4.78 is 5.81. The van der Waals surface area contributed by atoms with Gasteiger partial charge in [0.1, 0.15) is 12.4 Å². The topological polar surface area (TPSA) is 51.2 Å². The number of aryl methyl sites for hydroxylation is 2. The molecule has 2 heterocycles. The first-order valence-corrected chi connectivity index (χ1v) is 8.48. The monoisotopic (exact) mass is 338 g/mol. The zero-order chi connectivity index (χ0) is 16.9. The second-order valence-corrected chi connectivity index (χ2v) is 6.46. The lowest BCUT2D eigenvalue weighted by Gasteiger charge is -2.07. The van der Waals surface area contributed by atoms with E-state index in [0.29, 0.717) is 11.5 Å². The van der Waals surface area contributed by atoms with E-state index in [2.05, 4.69) is 24.1 Å². The number of hydrogen-bond donors (Lipinski definition) is 1. The van der Waals surface area contributed by atoms with Crippen LogP contribution in [0, 0.1) is 13.8 Å². The quantitative estimate of drug-likeness (QED) is 0.740. The maximum absolute atomic E-state index is 12.2. The van der Waals surface area contributed by atoms with Crippen LogP contribution in [0.3, 0.4) is 0 Å². The van der Waals surface area contributed by atoms with Crippen molar-refractivity contribution < 1.29 is 9.53 Å². The van der Waals surface area contributed by atoms with Crippen LogP contribution in [-0.2, 0) is 6.61 Å². The van der Waals surface area contributed by atoms with Crippen LogP contribution in [0.5, 0.6) is 5.75 Å². The molecule has 0 aliphatic carbocycles. The van der Waals surface area contributed by atoms with Gasteiger partial charge in [0.2, 0.25) is 0 Å². The summed E-state index contributed by atoms with van der Waals surface area (Å²) in [5, 5.41) is 4.80. The molecule has 122 valence electrons. The van der Waals surface area contributed by atoms with Crippen molar-refractivity contribution in [2.75, 3.05) is 5.32 Å². The number of carbonyl (C=O) groups is 1. The Balaban J connectivity index is 1.60. The minimum atomic E-state index is -0.122. The number of nitrogens with one attached hydrogen (secondary N) is 1. The van der Waals surface area contributed by atoms with Gasteiger partial charge in [-0.05, 0) is 60.7 Å². The second-order valence-electron chi connectivity index (χ2n) is 5.54. The van der Waals surface area contributed by atoms with Gasteiger partial charge in [0, 0.05) is 23.6 Å². The number of thiophene rings is 1. The van der Waals surface area contributed by atoms with Gasteiger partial charge in [0.25, 0.3) is 5.91 Å². The molecule has 2 aromatic heterocycles. The number of nitrogens with zero attached hydrogens (tertiary/aromatic N) is 1. The van der Waals surface area contributed by atoms with Gasteiger partial charge in [-0.1, -0.05) is 6.07 Å². The summed E-state index contributed by atoms with van der Waals surface area (Å²) in [6.07, 6.45) is 3.29. The van der Waals surface area contributed by atoms with Gasteiger partial charge in [-0.25, -0.2) is 0 Å². The minimum absolute atomic E-state index is 0.122. The highest BCUT2D eigenvalue weighted by atomic mass is 32.1. The molecule has 1 amide bonds. The second kappa shape index (κ2) is 7.27. The number of carbonyl (C=O) groups excluding carboxylic acids is 1. The fourth-order valence-electron chi connectivity index (χ4n) is 2.17. The average Bonchev–Trinajstić information content (AvgIpc) is 3.06. The molecule has 0 unspecified atom stereocenters. The smallest absolute Gasteiger partial charge is 0.265 e. The third-order valence-corrected chi connectivity index (χ3v) is 4.68. The third-order valence-electron chi connectivity index (χ3n) is 3.70. The van der Waals surface area contributed by atoms with Crippen molar-refractivity contribution in [3.05, 3.63) is 75.7 Å². The van der Waals surface area contributed by atoms with Gasteiger partial charge in [0.05, 0.1) is 4.88 Å². The number of pyridine rings is 1. The molecule has 5 heteroatoms. The fraction of sp³-hybridized carbons (Fsp3) is 0.158. The van der Waals surface area contributed by atoms with Crippen LogP contribution in [0.4, 0.5) is 5.69 Å². The predicted molar refractivity (Wildman–Crippen MR) is 96.8 cm³/mol. The van der Waals surface area contributed by atoms with Crippen molar-refractivity contribution >= 4 is 22.9 Å². The number of aromatic nitrogens is 1. The normalized spacial score (nSPS) is 10.4. The van der Waals surface area contributed by atoms with Crippen LogP contribution < -0.4 is 10.1 Å². The molecule has 0 aliphatic rings. The summed E-state index contributed by atoms with van der Waals surface area (Å²) in [5.41, 5.74) is 4.16. The van der Waals surface area contributed by atoms with Crippen molar-refractivity contribution in [1.82, 2.24) is 4.98 Å². The van der Waals surface area contributed by atoms with Crippen molar-refractivity contribution in [2.45, 2.75) is 20.5 Å². The molecule has 0 atom stereocenters. The van der Waals surface area contributed by atoms with Crippen molar-refractivity contribution in [3.8, 4) is 5.75 Å². The lowest BCUT2D eigenvalue weighted by atomic mass is 10.1. The summed E-state index contributed by atoms with van der Waals surface area (Å²) in [6.45, 7) is 4.58. The number of anilines is 1. The number of rotatable bonds is 5. The molecule has 0 fully saturated rings. The molecule has 3 rings (SSSR count). The molecule has 0 aliphatic heterocycles. The highest BCUT2D eigenvalue weighted by molar-refractivity contribution is 7.12. The first-order valence-electron chi connectivity index (χ1n) is 7.60. The standard InChI is InChI=1S/C19H18N2O2S/c1-13-3-4-17(9-14(13)2)23-11-15-10-18(24-12-15)19(22)21-16-5-7-20-8-6-16/h3-10,12H,11H2,1-2H3,(H,20,21,22). The molecule has 1 N–H and O–H groups in total. The molecule has 24 heavy (non-hydrogen) atoms. The number of amides is 1. The van der Waals surface area contributed by atoms with Crippen LogP contribution in [0.25, 0.3) is 0 Å². The molecular weight excluding hydrogens is 320 g/mol. The average molecular weight is 338 g/mol. The summed E-state index contributed by atoms with van der Waals surface area (Å²) in [4.78, 5) is 16.8. The third kappa shape index (κ3) is 4.00. The zero-order valence-electron chi connectivity index (χ0n) is 13.6. The molecule has 0 saturated heterocycles. The Hall–Kier alpha value is -2.66. The maximum Gasteiger partial charge on any atom is 0.265 e.